The van der Waals surface area contributed by atoms with Crippen molar-refractivity contribution in [2.24, 2.45) is 0 Å². The zero-order valence-corrected chi connectivity index (χ0v) is 14.1. The topological polar surface area (TPSA) is 52.8 Å². The zero-order chi connectivity index (χ0) is 16.2. The van der Waals surface area contributed by atoms with Gasteiger partial charge in [0.25, 0.3) is 0 Å². The van der Waals surface area contributed by atoms with Crippen molar-refractivity contribution in [1.29, 1.82) is 0 Å². The lowest BCUT2D eigenvalue weighted by molar-refractivity contribution is -0.136. The molecule has 1 amide bonds. The minimum atomic E-state index is 0.0163. The van der Waals surface area contributed by atoms with E-state index in [9.17, 15) is 4.79 Å². The number of hydrogen-bond acceptors (Lipinski definition) is 4. The Bertz CT molecular complexity index is 534. The lowest BCUT2D eigenvalue weighted by Crippen LogP contribution is -2.54. The molecular formula is C18H28N4O. The summed E-state index contributed by atoms with van der Waals surface area (Å²) in [5.41, 5.74) is 7.94. The number of nitrogens with zero attached hydrogens (tertiary/aromatic N) is 3. The Morgan fingerprint density at radius 2 is 1.83 bits per heavy atom. The zero-order valence-electron chi connectivity index (χ0n) is 14.1. The average Bonchev–Trinajstić information content (AvgIpc) is 3.09. The number of piperazine rings is 1. The van der Waals surface area contributed by atoms with Crippen molar-refractivity contribution in [3.05, 3.63) is 29.8 Å². The smallest absolute Gasteiger partial charge is 0.239 e. The van der Waals surface area contributed by atoms with Crippen LogP contribution in [0.4, 0.5) is 5.69 Å². The predicted octanol–water partition coefficient (Wildman–Crippen LogP) is 1.40. The minimum absolute atomic E-state index is 0.0163. The molecule has 2 heterocycles. The number of nitrogens with two attached hydrogens (primary N) is 1. The molecule has 23 heavy (non-hydrogen) atoms. The number of carbonyl (C=O) groups is 1. The van der Waals surface area contributed by atoms with E-state index in [0.29, 0.717) is 5.91 Å². The van der Waals surface area contributed by atoms with Crippen LogP contribution in [0.15, 0.2) is 24.3 Å². The standard InChI is InChI=1S/C18H28N4O/c1-15(18(23)22-7-2-3-8-22)21-11-9-20(10-12-21)14-16-5-4-6-17(19)13-16/h4-6,13,15H,2-3,7-12,14,19H2,1H3. The quantitative estimate of drug-likeness (QED) is 0.853. The van der Waals surface area contributed by atoms with Gasteiger partial charge in [0.2, 0.25) is 5.91 Å². The summed E-state index contributed by atoms with van der Waals surface area (Å²) in [7, 11) is 0. The number of carbonyl (C=O) groups excluding carboxylic acids is 1. The molecule has 0 bridgehead atoms. The highest BCUT2D eigenvalue weighted by atomic mass is 16.2. The van der Waals surface area contributed by atoms with Crippen LogP contribution in [0.25, 0.3) is 0 Å². The van der Waals surface area contributed by atoms with E-state index in [-0.39, 0.29) is 6.04 Å². The molecule has 2 fully saturated rings. The summed E-state index contributed by atoms with van der Waals surface area (Å²) in [5, 5.41) is 0. The third kappa shape index (κ3) is 4.03. The minimum Gasteiger partial charge on any atom is -0.399 e. The van der Waals surface area contributed by atoms with Crippen LogP contribution >= 0.6 is 0 Å². The van der Waals surface area contributed by atoms with Crippen LogP contribution in [0.2, 0.25) is 0 Å². The first-order valence-electron chi connectivity index (χ1n) is 8.73. The number of benzene rings is 1. The van der Waals surface area contributed by atoms with Gasteiger partial charge in [-0.1, -0.05) is 12.1 Å². The summed E-state index contributed by atoms with van der Waals surface area (Å²) in [6, 6.07) is 8.13. The van der Waals surface area contributed by atoms with Gasteiger partial charge in [-0.15, -0.1) is 0 Å². The van der Waals surface area contributed by atoms with Crippen LogP contribution < -0.4 is 5.73 Å². The summed E-state index contributed by atoms with van der Waals surface area (Å²) in [5.74, 6) is 0.312. The Labute approximate surface area is 139 Å². The molecular weight excluding hydrogens is 288 g/mol. The van der Waals surface area contributed by atoms with Gasteiger partial charge < -0.3 is 10.6 Å². The first-order valence-corrected chi connectivity index (χ1v) is 8.73. The van der Waals surface area contributed by atoms with E-state index in [2.05, 4.69) is 22.8 Å². The van der Waals surface area contributed by atoms with Gasteiger partial charge in [-0.2, -0.15) is 0 Å². The second-order valence-electron chi connectivity index (χ2n) is 6.77. The van der Waals surface area contributed by atoms with Crippen LogP contribution in [-0.2, 0) is 11.3 Å². The third-order valence-corrected chi connectivity index (χ3v) is 5.09. The number of amides is 1. The number of rotatable bonds is 4. The molecule has 0 spiro atoms. The van der Waals surface area contributed by atoms with Gasteiger partial charge in [-0.3, -0.25) is 14.6 Å². The van der Waals surface area contributed by atoms with Crippen LogP contribution in [0.3, 0.4) is 0 Å². The number of likely N-dealkylation sites (tertiary alicyclic amines) is 1. The van der Waals surface area contributed by atoms with E-state index < -0.39 is 0 Å². The molecule has 3 rings (SSSR count). The monoisotopic (exact) mass is 316 g/mol. The lowest BCUT2D eigenvalue weighted by Gasteiger charge is -2.38. The van der Waals surface area contributed by atoms with E-state index in [1.807, 2.05) is 23.1 Å². The fourth-order valence-electron chi connectivity index (χ4n) is 3.62. The molecule has 126 valence electrons. The van der Waals surface area contributed by atoms with Gasteiger partial charge in [0, 0.05) is 51.5 Å². The number of nitrogen functional groups attached to an aromatic ring is 1. The molecule has 0 aromatic heterocycles. The van der Waals surface area contributed by atoms with Crippen molar-refractivity contribution in [1.82, 2.24) is 14.7 Å². The second-order valence-corrected chi connectivity index (χ2v) is 6.77. The van der Waals surface area contributed by atoms with E-state index in [0.717, 1.165) is 64.3 Å². The van der Waals surface area contributed by atoms with Crippen LogP contribution in [-0.4, -0.2) is 65.9 Å². The van der Waals surface area contributed by atoms with Crippen LogP contribution in [0.1, 0.15) is 25.3 Å². The maximum absolute atomic E-state index is 12.5. The molecule has 1 unspecified atom stereocenters. The molecule has 1 atom stereocenters. The predicted molar refractivity (Wildman–Crippen MR) is 93.0 cm³/mol. The van der Waals surface area contributed by atoms with Crippen molar-refractivity contribution < 1.29 is 4.79 Å². The third-order valence-electron chi connectivity index (χ3n) is 5.09. The van der Waals surface area contributed by atoms with Gasteiger partial charge in [-0.05, 0) is 37.5 Å². The van der Waals surface area contributed by atoms with Crippen molar-refractivity contribution in [2.75, 3.05) is 45.0 Å². The molecule has 5 nitrogen and oxygen atoms in total. The van der Waals surface area contributed by atoms with Crippen LogP contribution in [0, 0.1) is 0 Å². The summed E-state index contributed by atoms with van der Waals surface area (Å²) in [6.45, 7) is 8.82. The van der Waals surface area contributed by atoms with Crippen LogP contribution in [0.5, 0.6) is 0 Å². The second kappa shape index (κ2) is 7.32. The SMILES string of the molecule is CC(C(=O)N1CCCC1)N1CCN(Cc2cccc(N)c2)CC1. The van der Waals surface area contributed by atoms with E-state index >= 15 is 0 Å². The van der Waals surface area contributed by atoms with Crippen molar-refractivity contribution in [3.63, 3.8) is 0 Å². The molecule has 5 heteroatoms. The molecule has 0 aliphatic carbocycles. The Morgan fingerprint density at radius 3 is 2.48 bits per heavy atom. The van der Waals surface area contributed by atoms with Gasteiger partial charge >= 0.3 is 0 Å². The molecule has 2 aliphatic rings. The van der Waals surface area contributed by atoms with Crippen molar-refractivity contribution in [3.8, 4) is 0 Å². The summed E-state index contributed by atoms with van der Waals surface area (Å²) in [6.07, 6.45) is 2.32. The molecule has 0 radical (unpaired) electrons. The molecule has 2 N–H and O–H groups in total. The van der Waals surface area contributed by atoms with E-state index in [1.54, 1.807) is 0 Å². The largest absolute Gasteiger partial charge is 0.399 e. The van der Waals surface area contributed by atoms with Gasteiger partial charge in [-0.25, -0.2) is 0 Å². The summed E-state index contributed by atoms with van der Waals surface area (Å²) >= 11 is 0. The summed E-state index contributed by atoms with van der Waals surface area (Å²) in [4.78, 5) is 19.3. The van der Waals surface area contributed by atoms with E-state index in [4.69, 9.17) is 5.73 Å². The highest BCUT2D eigenvalue weighted by Gasteiger charge is 2.29. The first kappa shape index (κ1) is 16.3. The summed E-state index contributed by atoms with van der Waals surface area (Å²) < 4.78 is 0. The Morgan fingerprint density at radius 1 is 1.13 bits per heavy atom. The highest BCUT2D eigenvalue weighted by molar-refractivity contribution is 5.81. The Kier molecular flexibility index (Phi) is 5.18. The van der Waals surface area contributed by atoms with E-state index in [1.165, 1.54) is 5.56 Å². The normalized spacial score (nSPS) is 21.5. The Balaban J connectivity index is 1.48. The van der Waals surface area contributed by atoms with Gasteiger partial charge in [0.05, 0.1) is 6.04 Å². The average molecular weight is 316 g/mol. The fraction of sp³-hybridized carbons (Fsp3) is 0.611. The lowest BCUT2D eigenvalue weighted by atomic mass is 10.1. The highest BCUT2D eigenvalue weighted by Crippen LogP contribution is 2.15. The van der Waals surface area contributed by atoms with Crippen molar-refractivity contribution >= 4 is 11.6 Å². The van der Waals surface area contributed by atoms with Crippen molar-refractivity contribution in [2.45, 2.75) is 32.4 Å². The molecule has 2 saturated heterocycles. The number of anilines is 1. The van der Waals surface area contributed by atoms with Gasteiger partial charge in [0.15, 0.2) is 0 Å². The molecule has 2 aliphatic heterocycles. The fourth-order valence-corrected chi connectivity index (χ4v) is 3.62. The maximum atomic E-state index is 12.5. The molecule has 1 aromatic carbocycles. The number of hydrogen-bond donors (Lipinski definition) is 1. The first-order chi connectivity index (χ1) is 11.1. The molecule has 1 aromatic rings. The maximum Gasteiger partial charge on any atom is 0.239 e. The van der Waals surface area contributed by atoms with Gasteiger partial charge in [0.1, 0.15) is 0 Å². The Hall–Kier alpha value is -1.59. The molecule has 0 saturated carbocycles.